The van der Waals surface area contributed by atoms with Gasteiger partial charge >= 0.3 is 0 Å². The fourth-order valence-electron chi connectivity index (χ4n) is 1.06. The monoisotopic (exact) mass is 167 g/mol. The van der Waals surface area contributed by atoms with Crippen molar-refractivity contribution in [2.24, 2.45) is 17.6 Å². The fraction of sp³-hybridized carbons (Fsp3) is 0.636. The van der Waals surface area contributed by atoms with Crippen LogP contribution in [0.3, 0.4) is 0 Å². The Labute approximate surface area is 76.3 Å². The third kappa shape index (κ3) is 5.00. The summed E-state index contributed by atoms with van der Waals surface area (Å²) in [6, 6.07) is 0. The molecule has 0 heterocycles. The van der Waals surface area contributed by atoms with E-state index >= 15 is 0 Å². The van der Waals surface area contributed by atoms with Gasteiger partial charge < -0.3 is 5.73 Å². The van der Waals surface area contributed by atoms with E-state index in [-0.39, 0.29) is 0 Å². The first-order valence-electron chi connectivity index (χ1n) is 4.59. The summed E-state index contributed by atoms with van der Waals surface area (Å²) in [5.41, 5.74) is 7.85. The van der Waals surface area contributed by atoms with Gasteiger partial charge in [-0.3, -0.25) is 0 Å². The second-order valence-corrected chi connectivity index (χ2v) is 3.95. The van der Waals surface area contributed by atoms with Crippen molar-refractivity contribution in [2.45, 2.75) is 34.6 Å². The van der Waals surface area contributed by atoms with Crippen LogP contribution in [0.2, 0.25) is 0 Å². The Morgan fingerprint density at radius 2 is 1.67 bits per heavy atom. The first-order valence-corrected chi connectivity index (χ1v) is 4.59. The standard InChI is InChI=1S/C11H21N/c1-8(2)6-11(9(3)4)7-10(5)12/h6-9H,12H2,1-5H3/b10-7+,11-6+. The van der Waals surface area contributed by atoms with Crippen molar-refractivity contribution in [3.63, 3.8) is 0 Å². The van der Waals surface area contributed by atoms with E-state index in [4.69, 9.17) is 5.73 Å². The van der Waals surface area contributed by atoms with E-state index in [1.54, 1.807) is 0 Å². The SMILES string of the molecule is C/C(N)=C\C(=C/C(C)C)C(C)C. The quantitative estimate of drug-likeness (QED) is 0.642. The van der Waals surface area contributed by atoms with Crippen LogP contribution in [-0.2, 0) is 0 Å². The normalized spacial score (nSPS) is 14.6. The largest absolute Gasteiger partial charge is 0.402 e. The van der Waals surface area contributed by atoms with Crippen molar-refractivity contribution >= 4 is 0 Å². The molecule has 1 nitrogen and oxygen atoms in total. The maximum atomic E-state index is 5.63. The molecule has 0 radical (unpaired) electrons. The van der Waals surface area contributed by atoms with E-state index in [9.17, 15) is 0 Å². The molecule has 0 atom stereocenters. The van der Waals surface area contributed by atoms with E-state index in [1.807, 2.05) is 6.92 Å². The molecule has 0 bridgehead atoms. The Bertz CT molecular complexity index is 181. The smallest absolute Gasteiger partial charge is 0.00516 e. The lowest BCUT2D eigenvalue weighted by Gasteiger charge is -2.08. The van der Waals surface area contributed by atoms with E-state index in [2.05, 4.69) is 39.8 Å². The van der Waals surface area contributed by atoms with E-state index in [0.717, 1.165) is 5.70 Å². The van der Waals surface area contributed by atoms with Gasteiger partial charge in [0, 0.05) is 5.70 Å². The Morgan fingerprint density at radius 1 is 1.17 bits per heavy atom. The average molecular weight is 167 g/mol. The minimum Gasteiger partial charge on any atom is -0.402 e. The Kier molecular flexibility index (Phi) is 4.72. The van der Waals surface area contributed by atoms with Crippen LogP contribution >= 0.6 is 0 Å². The van der Waals surface area contributed by atoms with Crippen LogP contribution in [0.5, 0.6) is 0 Å². The summed E-state index contributed by atoms with van der Waals surface area (Å²) >= 11 is 0. The van der Waals surface area contributed by atoms with Gasteiger partial charge in [0.2, 0.25) is 0 Å². The molecule has 0 aliphatic rings. The summed E-state index contributed by atoms with van der Waals surface area (Å²) in [7, 11) is 0. The van der Waals surface area contributed by atoms with Gasteiger partial charge in [0.05, 0.1) is 0 Å². The predicted octanol–water partition coefficient (Wildman–Crippen LogP) is 3.09. The molecule has 0 aliphatic heterocycles. The molecule has 0 aromatic carbocycles. The second kappa shape index (κ2) is 5.02. The molecule has 0 saturated carbocycles. The molecule has 0 spiro atoms. The van der Waals surface area contributed by atoms with Crippen LogP contribution in [0.15, 0.2) is 23.4 Å². The molecule has 0 rings (SSSR count). The molecular formula is C11H21N. The number of nitrogens with two attached hydrogens (primary N) is 1. The molecule has 70 valence electrons. The van der Waals surface area contributed by atoms with Gasteiger partial charge in [-0.05, 0) is 30.4 Å². The highest BCUT2D eigenvalue weighted by molar-refractivity contribution is 5.23. The summed E-state index contributed by atoms with van der Waals surface area (Å²) in [6.45, 7) is 10.7. The minimum absolute atomic E-state index is 0.561. The molecule has 1 heteroatoms. The number of hydrogen-bond donors (Lipinski definition) is 1. The van der Waals surface area contributed by atoms with E-state index in [0.29, 0.717) is 11.8 Å². The maximum Gasteiger partial charge on any atom is 0.00516 e. The molecule has 0 fully saturated rings. The predicted molar refractivity (Wildman–Crippen MR) is 55.7 cm³/mol. The van der Waals surface area contributed by atoms with E-state index in [1.165, 1.54) is 5.57 Å². The van der Waals surface area contributed by atoms with Crippen molar-refractivity contribution in [1.82, 2.24) is 0 Å². The van der Waals surface area contributed by atoms with Crippen LogP contribution < -0.4 is 5.73 Å². The highest BCUT2D eigenvalue weighted by Gasteiger charge is 2.00. The minimum atomic E-state index is 0.561. The first-order chi connectivity index (χ1) is 5.43. The van der Waals surface area contributed by atoms with Crippen molar-refractivity contribution in [1.29, 1.82) is 0 Å². The summed E-state index contributed by atoms with van der Waals surface area (Å²) in [5.74, 6) is 1.16. The fourth-order valence-corrected chi connectivity index (χ4v) is 1.06. The van der Waals surface area contributed by atoms with E-state index < -0.39 is 0 Å². The topological polar surface area (TPSA) is 26.0 Å². The maximum absolute atomic E-state index is 5.63. The average Bonchev–Trinajstić information content (AvgIpc) is 1.83. The third-order valence-corrected chi connectivity index (χ3v) is 1.59. The molecule has 0 amide bonds. The van der Waals surface area contributed by atoms with Crippen molar-refractivity contribution in [3.05, 3.63) is 23.4 Å². The zero-order valence-corrected chi connectivity index (χ0v) is 8.89. The van der Waals surface area contributed by atoms with Crippen LogP contribution in [0.25, 0.3) is 0 Å². The summed E-state index contributed by atoms with van der Waals surface area (Å²) in [4.78, 5) is 0. The number of allylic oxidation sites excluding steroid dienone is 4. The van der Waals surface area contributed by atoms with Crippen LogP contribution in [0.4, 0.5) is 0 Å². The van der Waals surface area contributed by atoms with Gasteiger partial charge in [-0.25, -0.2) is 0 Å². The van der Waals surface area contributed by atoms with Gasteiger partial charge in [-0.2, -0.15) is 0 Å². The summed E-state index contributed by atoms with van der Waals surface area (Å²) < 4.78 is 0. The van der Waals surface area contributed by atoms with Gasteiger partial charge in [-0.15, -0.1) is 0 Å². The third-order valence-electron chi connectivity index (χ3n) is 1.59. The van der Waals surface area contributed by atoms with Crippen molar-refractivity contribution in [3.8, 4) is 0 Å². The second-order valence-electron chi connectivity index (χ2n) is 3.95. The molecular weight excluding hydrogens is 146 g/mol. The Morgan fingerprint density at radius 3 is 1.92 bits per heavy atom. The number of rotatable bonds is 3. The first kappa shape index (κ1) is 11.3. The van der Waals surface area contributed by atoms with Gasteiger partial charge in [0.15, 0.2) is 0 Å². The van der Waals surface area contributed by atoms with Gasteiger partial charge in [0.1, 0.15) is 0 Å². The lowest BCUT2D eigenvalue weighted by Crippen LogP contribution is -1.98. The highest BCUT2D eigenvalue weighted by atomic mass is 14.5. The summed E-state index contributed by atoms with van der Waals surface area (Å²) in [5, 5.41) is 0. The molecule has 0 aliphatic carbocycles. The molecule has 0 aromatic rings. The van der Waals surface area contributed by atoms with Crippen molar-refractivity contribution < 1.29 is 0 Å². The Balaban J connectivity index is 4.56. The molecule has 0 unspecified atom stereocenters. The van der Waals surface area contributed by atoms with Crippen LogP contribution in [0.1, 0.15) is 34.6 Å². The molecule has 0 saturated heterocycles. The van der Waals surface area contributed by atoms with Crippen LogP contribution in [-0.4, -0.2) is 0 Å². The van der Waals surface area contributed by atoms with Gasteiger partial charge in [-0.1, -0.05) is 33.8 Å². The number of hydrogen-bond acceptors (Lipinski definition) is 1. The van der Waals surface area contributed by atoms with Crippen molar-refractivity contribution in [2.75, 3.05) is 0 Å². The van der Waals surface area contributed by atoms with Gasteiger partial charge in [0.25, 0.3) is 0 Å². The zero-order chi connectivity index (χ0) is 9.72. The van der Waals surface area contributed by atoms with Crippen LogP contribution in [0, 0.1) is 11.8 Å². The Hall–Kier alpha value is -0.720. The highest BCUT2D eigenvalue weighted by Crippen LogP contribution is 2.14. The summed E-state index contributed by atoms with van der Waals surface area (Å²) in [6.07, 6.45) is 4.33. The lowest BCUT2D eigenvalue weighted by molar-refractivity contribution is 0.747. The lowest BCUT2D eigenvalue weighted by atomic mass is 9.98. The zero-order valence-electron chi connectivity index (χ0n) is 8.89. The molecule has 12 heavy (non-hydrogen) atoms. The molecule has 2 N–H and O–H groups in total. The molecule has 0 aromatic heterocycles.